The normalized spacial score (nSPS) is 18.2. The first-order chi connectivity index (χ1) is 6.40. The Labute approximate surface area is 87.3 Å². The lowest BCUT2D eigenvalue weighted by Crippen LogP contribution is -1.89. The van der Waals surface area contributed by atoms with Crippen LogP contribution in [0, 0.1) is 0 Å². The van der Waals surface area contributed by atoms with E-state index < -0.39 is 0 Å². The summed E-state index contributed by atoms with van der Waals surface area (Å²) in [5.41, 5.74) is 0. The van der Waals surface area contributed by atoms with Crippen LogP contribution in [0.5, 0.6) is 0 Å². The highest BCUT2D eigenvalue weighted by atomic mass is 35.5. The van der Waals surface area contributed by atoms with Crippen LogP contribution < -0.4 is 0 Å². The minimum atomic E-state index is 0.652. The van der Waals surface area contributed by atoms with Gasteiger partial charge in [-0.05, 0) is 12.8 Å². The van der Waals surface area contributed by atoms with Crippen LogP contribution in [0.1, 0.15) is 41.6 Å². The first kappa shape index (κ1) is 9.41. The van der Waals surface area contributed by atoms with Crippen molar-refractivity contribution in [3.05, 3.63) is 10.0 Å². The molecule has 0 aliphatic heterocycles. The van der Waals surface area contributed by atoms with E-state index in [1.807, 2.05) is 0 Å². The molecule has 0 amide bonds. The third kappa shape index (κ3) is 2.20. The van der Waals surface area contributed by atoms with Gasteiger partial charge in [-0.15, -0.1) is 33.1 Å². The maximum atomic E-state index is 5.64. The van der Waals surface area contributed by atoms with Gasteiger partial charge < -0.3 is 0 Å². The summed E-state index contributed by atoms with van der Waals surface area (Å²) in [5, 5.41) is 10.7. The first-order valence-corrected chi connectivity index (χ1v) is 6.13. The minimum absolute atomic E-state index is 0.652. The summed E-state index contributed by atoms with van der Waals surface area (Å²) in [7, 11) is 0. The van der Waals surface area contributed by atoms with Gasteiger partial charge in [-0.25, -0.2) is 0 Å². The van der Waals surface area contributed by atoms with Gasteiger partial charge in [-0.3, -0.25) is 0 Å². The summed E-state index contributed by atoms with van der Waals surface area (Å²) < 4.78 is 0. The number of halogens is 1. The average Bonchev–Trinajstić information content (AvgIpc) is 2.70. The third-order valence-electron chi connectivity index (χ3n) is 2.50. The number of alkyl halides is 1. The molecule has 0 saturated heterocycles. The van der Waals surface area contributed by atoms with E-state index in [0.29, 0.717) is 11.8 Å². The van der Waals surface area contributed by atoms with Gasteiger partial charge in [0.25, 0.3) is 0 Å². The number of aromatic nitrogens is 2. The molecule has 0 bridgehead atoms. The number of hydrogen-bond acceptors (Lipinski definition) is 3. The fraction of sp³-hybridized carbons (Fsp3) is 0.778. The number of rotatable bonds is 3. The predicted octanol–water partition coefficient (Wildman–Crippen LogP) is 2.98. The predicted molar refractivity (Wildman–Crippen MR) is 55.5 cm³/mol. The van der Waals surface area contributed by atoms with Crippen molar-refractivity contribution in [2.45, 2.75) is 38.0 Å². The van der Waals surface area contributed by atoms with Crippen LogP contribution in [-0.2, 0) is 6.42 Å². The van der Waals surface area contributed by atoms with Crippen LogP contribution >= 0.6 is 22.9 Å². The van der Waals surface area contributed by atoms with Crippen molar-refractivity contribution in [3.63, 3.8) is 0 Å². The van der Waals surface area contributed by atoms with Gasteiger partial charge in [0.1, 0.15) is 10.0 Å². The Morgan fingerprint density at radius 1 is 1.31 bits per heavy atom. The molecule has 0 unspecified atom stereocenters. The molecule has 1 aromatic rings. The molecule has 1 saturated carbocycles. The molecule has 0 radical (unpaired) electrons. The van der Waals surface area contributed by atoms with Crippen molar-refractivity contribution in [3.8, 4) is 0 Å². The zero-order valence-electron chi connectivity index (χ0n) is 7.50. The van der Waals surface area contributed by atoms with Crippen LogP contribution in [0.3, 0.4) is 0 Å². The summed E-state index contributed by atoms with van der Waals surface area (Å²) in [6, 6.07) is 0. The standard InChI is InChI=1S/C9H13ClN2S/c10-6-5-8-11-12-9(13-8)7-3-1-2-4-7/h7H,1-6H2. The molecular formula is C9H13ClN2S. The summed E-state index contributed by atoms with van der Waals surface area (Å²) >= 11 is 7.39. The van der Waals surface area contributed by atoms with Gasteiger partial charge in [0.05, 0.1) is 0 Å². The molecule has 0 aromatic carbocycles. The van der Waals surface area contributed by atoms with E-state index in [2.05, 4.69) is 10.2 Å². The molecule has 72 valence electrons. The van der Waals surface area contributed by atoms with Gasteiger partial charge in [-0.2, -0.15) is 0 Å². The van der Waals surface area contributed by atoms with Gasteiger partial charge >= 0.3 is 0 Å². The van der Waals surface area contributed by atoms with Crippen LogP contribution in [0.25, 0.3) is 0 Å². The molecule has 0 N–H and O–H groups in total. The van der Waals surface area contributed by atoms with Crippen molar-refractivity contribution in [2.75, 3.05) is 5.88 Å². The second-order valence-corrected chi connectivity index (χ2v) is 4.93. The Kier molecular flexibility index (Phi) is 3.17. The lowest BCUT2D eigenvalue weighted by molar-refractivity contribution is 0.703. The molecule has 4 heteroatoms. The highest BCUT2D eigenvalue weighted by molar-refractivity contribution is 7.11. The van der Waals surface area contributed by atoms with Crippen molar-refractivity contribution in [1.82, 2.24) is 10.2 Å². The molecule has 0 atom stereocenters. The first-order valence-electron chi connectivity index (χ1n) is 4.78. The molecule has 1 fully saturated rings. The molecular weight excluding hydrogens is 204 g/mol. The second-order valence-electron chi connectivity index (χ2n) is 3.45. The van der Waals surface area contributed by atoms with E-state index >= 15 is 0 Å². The van der Waals surface area contributed by atoms with Gasteiger partial charge in [0.15, 0.2) is 0 Å². The Morgan fingerprint density at radius 2 is 2.08 bits per heavy atom. The number of hydrogen-bond donors (Lipinski definition) is 0. The average molecular weight is 217 g/mol. The fourth-order valence-electron chi connectivity index (χ4n) is 1.79. The Bertz CT molecular complexity index is 268. The Morgan fingerprint density at radius 3 is 2.77 bits per heavy atom. The molecule has 1 aliphatic carbocycles. The SMILES string of the molecule is ClCCc1nnc(C2CCCC2)s1. The smallest absolute Gasteiger partial charge is 0.120 e. The quantitative estimate of drug-likeness (QED) is 0.726. The van der Waals surface area contributed by atoms with Crippen LogP contribution in [0.4, 0.5) is 0 Å². The van der Waals surface area contributed by atoms with E-state index in [4.69, 9.17) is 11.6 Å². The van der Waals surface area contributed by atoms with Gasteiger partial charge in [-0.1, -0.05) is 12.8 Å². The molecule has 13 heavy (non-hydrogen) atoms. The van der Waals surface area contributed by atoms with Crippen LogP contribution in [0.15, 0.2) is 0 Å². The topological polar surface area (TPSA) is 25.8 Å². The molecule has 2 nitrogen and oxygen atoms in total. The monoisotopic (exact) mass is 216 g/mol. The number of aryl methyl sites for hydroxylation is 1. The molecule has 1 heterocycles. The highest BCUT2D eigenvalue weighted by Crippen LogP contribution is 2.35. The zero-order valence-corrected chi connectivity index (χ0v) is 9.07. The maximum Gasteiger partial charge on any atom is 0.120 e. The second kappa shape index (κ2) is 4.38. The van der Waals surface area contributed by atoms with E-state index in [1.165, 1.54) is 30.7 Å². The van der Waals surface area contributed by atoms with E-state index in [0.717, 1.165) is 11.4 Å². The lowest BCUT2D eigenvalue weighted by Gasteiger charge is -2.00. The van der Waals surface area contributed by atoms with Crippen molar-refractivity contribution >= 4 is 22.9 Å². The number of nitrogens with zero attached hydrogens (tertiary/aromatic N) is 2. The van der Waals surface area contributed by atoms with Crippen LogP contribution in [-0.4, -0.2) is 16.1 Å². The zero-order chi connectivity index (χ0) is 9.10. The Hall–Kier alpha value is -0.150. The fourth-order valence-corrected chi connectivity index (χ4v) is 3.09. The van der Waals surface area contributed by atoms with E-state index in [9.17, 15) is 0 Å². The van der Waals surface area contributed by atoms with Gasteiger partial charge in [0, 0.05) is 18.2 Å². The largest absolute Gasteiger partial charge is 0.144 e. The molecule has 1 aromatic heterocycles. The molecule has 2 rings (SSSR count). The molecule has 0 spiro atoms. The minimum Gasteiger partial charge on any atom is -0.144 e. The Balaban J connectivity index is 2.03. The summed E-state index contributed by atoms with van der Waals surface area (Å²) in [4.78, 5) is 0. The van der Waals surface area contributed by atoms with Crippen molar-refractivity contribution in [1.29, 1.82) is 0 Å². The van der Waals surface area contributed by atoms with E-state index in [1.54, 1.807) is 11.3 Å². The summed E-state index contributed by atoms with van der Waals surface area (Å²) in [6.45, 7) is 0. The van der Waals surface area contributed by atoms with E-state index in [-0.39, 0.29) is 0 Å². The highest BCUT2D eigenvalue weighted by Gasteiger charge is 2.20. The van der Waals surface area contributed by atoms with Gasteiger partial charge in [0.2, 0.25) is 0 Å². The molecule has 1 aliphatic rings. The maximum absolute atomic E-state index is 5.64. The lowest BCUT2D eigenvalue weighted by atomic mass is 10.1. The van der Waals surface area contributed by atoms with Crippen LogP contribution in [0.2, 0.25) is 0 Å². The summed E-state index contributed by atoms with van der Waals surface area (Å²) in [6.07, 6.45) is 6.18. The summed E-state index contributed by atoms with van der Waals surface area (Å²) in [5.74, 6) is 1.35. The van der Waals surface area contributed by atoms with Crippen molar-refractivity contribution in [2.24, 2.45) is 0 Å². The third-order valence-corrected chi connectivity index (χ3v) is 3.83. The van der Waals surface area contributed by atoms with Crippen molar-refractivity contribution < 1.29 is 0 Å².